The largest absolute Gasteiger partial charge is 0.384 e. The van der Waals surface area contributed by atoms with Crippen LogP contribution >= 0.6 is 11.3 Å². The molecule has 0 unspecified atom stereocenters. The van der Waals surface area contributed by atoms with E-state index in [2.05, 4.69) is 10.6 Å². The van der Waals surface area contributed by atoms with Crippen LogP contribution in [0.3, 0.4) is 0 Å². The fourth-order valence-electron chi connectivity index (χ4n) is 2.34. The van der Waals surface area contributed by atoms with Crippen LogP contribution in [0.4, 0.5) is 0 Å². The van der Waals surface area contributed by atoms with Crippen LogP contribution in [0.5, 0.6) is 0 Å². The molecule has 122 valence electrons. The first kappa shape index (κ1) is 16.9. The Morgan fingerprint density at radius 1 is 1.59 bits per heavy atom. The SMILES string of the molecule is C[C@@H](NC(=O)[C@@H]1C[C@@H](S(C)(=O)=O)CN1)c1cc(C(=N)N)cs1. The van der Waals surface area contributed by atoms with E-state index < -0.39 is 21.1 Å². The molecule has 5 N–H and O–H groups in total. The van der Waals surface area contributed by atoms with Crippen molar-refractivity contribution in [3.05, 3.63) is 21.9 Å². The van der Waals surface area contributed by atoms with Crippen molar-refractivity contribution in [3.8, 4) is 0 Å². The number of rotatable bonds is 5. The lowest BCUT2D eigenvalue weighted by molar-refractivity contribution is -0.123. The van der Waals surface area contributed by atoms with Gasteiger partial charge in [0.05, 0.1) is 17.3 Å². The van der Waals surface area contributed by atoms with Gasteiger partial charge in [0, 0.05) is 28.6 Å². The lowest BCUT2D eigenvalue weighted by atomic mass is 10.2. The molecule has 1 amide bonds. The normalized spacial score (nSPS) is 23.2. The van der Waals surface area contributed by atoms with Gasteiger partial charge in [0.15, 0.2) is 9.84 Å². The number of carbonyl (C=O) groups excluding carboxylic acids is 1. The number of amides is 1. The summed E-state index contributed by atoms with van der Waals surface area (Å²) < 4.78 is 23.0. The maximum atomic E-state index is 12.2. The smallest absolute Gasteiger partial charge is 0.237 e. The Labute approximate surface area is 133 Å². The van der Waals surface area contributed by atoms with Crippen LogP contribution < -0.4 is 16.4 Å². The van der Waals surface area contributed by atoms with Gasteiger partial charge in [0.1, 0.15) is 5.84 Å². The zero-order chi connectivity index (χ0) is 16.5. The zero-order valence-electron chi connectivity index (χ0n) is 12.4. The molecule has 2 heterocycles. The summed E-state index contributed by atoms with van der Waals surface area (Å²) in [4.78, 5) is 13.1. The van der Waals surface area contributed by atoms with Gasteiger partial charge < -0.3 is 16.4 Å². The highest BCUT2D eigenvalue weighted by molar-refractivity contribution is 7.91. The van der Waals surface area contributed by atoms with Gasteiger partial charge in [0.25, 0.3) is 0 Å². The lowest BCUT2D eigenvalue weighted by Gasteiger charge is -2.16. The van der Waals surface area contributed by atoms with Crippen LogP contribution in [-0.2, 0) is 14.6 Å². The van der Waals surface area contributed by atoms with E-state index in [1.165, 1.54) is 17.6 Å². The van der Waals surface area contributed by atoms with Gasteiger partial charge in [-0.3, -0.25) is 10.2 Å². The number of amidine groups is 1. The maximum Gasteiger partial charge on any atom is 0.237 e. The van der Waals surface area contributed by atoms with Gasteiger partial charge in [-0.05, 0) is 19.4 Å². The van der Waals surface area contributed by atoms with E-state index >= 15 is 0 Å². The fourth-order valence-corrected chi connectivity index (χ4v) is 4.19. The molecule has 1 aliphatic rings. The average Bonchev–Trinajstić information content (AvgIpc) is 3.07. The second-order valence-electron chi connectivity index (χ2n) is 5.53. The molecule has 0 aromatic carbocycles. The van der Waals surface area contributed by atoms with Crippen molar-refractivity contribution in [1.29, 1.82) is 5.41 Å². The van der Waals surface area contributed by atoms with Crippen molar-refractivity contribution >= 4 is 32.9 Å². The number of nitrogens with two attached hydrogens (primary N) is 1. The van der Waals surface area contributed by atoms with Crippen LogP contribution in [0.2, 0.25) is 0 Å². The Bertz CT molecular complexity index is 683. The number of hydrogen-bond acceptors (Lipinski definition) is 6. The van der Waals surface area contributed by atoms with Gasteiger partial charge >= 0.3 is 0 Å². The number of sulfone groups is 1. The zero-order valence-corrected chi connectivity index (χ0v) is 14.1. The van der Waals surface area contributed by atoms with Crippen LogP contribution in [0.25, 0.3) is 0 Å². The van der Waals surface area contributed by atoms with Gasteiger partial charge in [-0.1, -0.05) is 0 Å². The third-order valence-electron chi connectivity index (χ3n) is 3.73. The highest BCUT2D eigenvalue weighted by Gasteiger charge is 2.35. The first-order valence-corrected chi connectivity index (χ1v) is 9.67. The summed E-state index contributed by atoms with van der Waals surface area (Å²) in [5.41, 5.74) is 6.06. The number of nitrogens with one attached hydrogen (secondary N) is 3. The Hall–Kier alpha value is -1.45. The molecule has 1 aliphatic heterocycles. The molecule has 9 heteroatoms. The Balaban J connectivity index is 1.95. The summed E-state index contributed by atoms with van der Waals surface area (Å²) in [6, 6.07) is 1.07. The third-order valence-corrected chi connectivity index (χ3v) is 6.41. The van der Waals surface area contributed by atoms with Crippen LogP contribution in [0.15, 0.2) is 11.4 Å². The summed E-state index contributed by atoms with van der Waals surface area (Å²) in [7, 11) is -3.13. The van der Waals surface area contributed by atoms with Gasteiger partial charge in [-0.25, -0.2) is 8.42 Å². The predicted octanol–water partition coefficient (Wildman–Crippen LogP) is -0.0155. The van der Waals surface area contributed by atoms with Crippen molar-refractivity contribution in [3.63, 3.8) is 0 Å². The highest BCUT2D eigenvalue weighted by Crippen LogP contribution is 2.22. The number of hydrogen-bond donors (Lipinski definition) is 4. The molecule has 0 aliphatic carbocycles. The second kappa shape index (κ2) is 6.35. The summed E-state index contributed by atoms with van der Waals surface area (Å²) in [5, 5.41) is 14.5. The summed E-state index contributed by atoms with van der Waals surface area (Å²) in [5.74, 6) is -0.217. The van der Waals surface area contributed by atoms with E-state index in [-0.39, 0.29) is 17.8 Å². The third kappa shape index (κ3) is 3.84. The van der Waals surface area contributed by atoms with Crippen LogP contribution in [0, 0.1) is 5.41 Å². The summed E-state index contributed by atoms with van der Waals surface area (Å²) in [6.07, 6.45) is 1.48. The molecule has 2 rings (SSSR count). The van der Waals surface area contributed by atoms with Gasteiger partial charge in [-0.2, -0.15) is 0 Å². The molecule has 1 aromatic rings. The standard InChI is InChI=1S/C13H20N4O3S2/c1-7(11-3-8(6-21-11)12(14)15)17-13(18)10-4-9(5-16-10)22(2,19)20/h3,6-7,9-10,16H,4-5H2,1-2H3,(H3,14,15)(H,17,18)/t7-,9-,10+/m1/s1. The Kier molecular flexibility index (Phi) is 4.88. The summed E-state index contributed by atoms with van der Waals surface area (Å²) in [6.45, 7) is 2.15. The molecule has 3 atom stereocenters. The van der Waals surface area contributed by atoms with Crippen molar-refractivity contribution in [1.82, 2.24) is 10.6 Å². The van der Waals surface area contributed by atoms with Crippen LogP contribution in [-0.4, -0.2) is 44.3 Å². The molecule has 1 fully saturated rings. The Morgan fingerprint density at radius 3 is 2.77 bits per heavy atom. The molecule has 1 saturated heterocycles. The maximum absolute atomic E-state index is 12.2. The van der Waals surface area contributed by atoms with E-state index in [0.29, 0.717) is 18.5 Å². The van der Waals surface area contributed by atoms with Gasteiger partial charge in [0.2, 0.25) is 5.91 Å². The van der Waals surface area contributed by atoms with E-state index in [1.54, 1.807) is 11.4 Å². The molecule has 0 radical (unpaired) electrons. The molecule has 1 aromatic heterocycles. The predicted molar refractivity (Wildman–Crippen MR) is 86.9 cm³/mol. The molecule has 7 nitrogen and oxygen atoms in total. The fraction of sp³-hybridized carbons (Fsp3) is 0.538. The van der Waals surface area contributed by atoms with E-state index in [9.17, 15) is 13.2 Å². The van der Waals surface area contributed by atoms with Crippen LogP contribution in [0.1, 0.15) is 29.8 Å². The number of nitrogen functional groups attached to an aromatic ring is 1. The van der Waals surface area contributed by atoms with Gasteiger partial charge in [-0.15, -0.1) is 11.3 Å². The topological polar surface area (TPSA) is 125 Å². The Morgan fingerprint density at radius 2 is 2.27 bits per heavy atom. The molecular weight excluding hydrogens is 324 g/mol. The van der Waals surface area contributed by atoms with Crippen molar-refractivity contribution in [2.45, 2.75) is 30.7 Å². The number of thiophene rings is 1. The second-order valence-corrected chi connectivity index (χ2v) is 8.80. The molecule has 0 bridgehead atoms. The number of carbonyl (C=O) groups is 1. The van der Waals surface area contributed by atoms with E-state index in [4.69, 9.17) is 11.1 Å². The first-order chi connectivity index (χ1) is 10.2. The minimum Gasteiger partial charge on any atom is -0.384 e. The van der Waals surface area contributed by atoms with Crippen molar-refractivity contribution in [2.75, 3.05) is 12.8 Å². The minimum absolute atomic E-state index is 0.00511. The first-order valence-electron chi connectivity index (χ1n) is 6.84. The molecular formula is C13H20N4O3S2. The van der Waals surface area contributed by atoms with Crippen molar-refractivity contribution in [2.24, 2.45) is 5.73 Å². The molecule has 22 heavy (non-hydrogen) atoms. The van der Waals surface area contributed by atoms with Crippen molar-refractivity contribution < 1.29 is 13.2 Å². The average molecular weight is 344 g/mol. The monoisotopic (exact) mass is 344 g/mol. The van der Waals surface area contributed by atoms with E-state index in [0.717, 1.165) is 4.88 Å². The minimum atomic E-state index is -3.13. The quantitative estimate of drug-likeness (QED) is 0.441. The molecule has 0 saturated carbocycles. The molecule has 0 spiro atoms. The lowest BCUT2D eigenvalue weighted by Crippen LogP contribution is -2.41. The highest BCUT2D eigenvalue weighted by atomic mass is 32.2. The van der Waals surface area contributed by atoms with E-state index in [1.807, 2.05) is 6.92 Å². The summed E-state index contributed by atoms with van der Waals surface area (Å²) >= 11 is 1.42.